The maximum atomic E-state index is 12.6. The molecule has 1 aromatic heterocycles. The molecule has 0 atom stereocenters. The maximum absolute atomic E-state index is 12.6. The van der Waals surface area contributed by atoms with Gasteiger partial charge >= 0.3 is 0 Å². The van der Waals surface area contributed by atoms with Crippen LogP contribution in [-0.4, -0.2) is 32.2 Å². The summed E-state index contributed by atoms with van der Waals surface area (Å²) in [6, 6.07) is 9.00. The van der Waals surface area contributed by atoms with Crippen LogP contribution in [0.1, 0.15) is 15.9 Å². The van der Waals surface area contributed by atoms with Gasteiger partial charge in [0.05, 0.1) is 26.0 Å². The van der Waals surface area contributed by atoms with Crippen molar-refractivity contribution in [2.45, 2.75) is 6.92 Å². The number of anilines is 1. The Kier molecular flexibility index (Phi) is 5.13. The zero-order valence-electron chi connectivity index (χ0n) is 14.9. The van der Waals surface area contributed by atoms with E-state index in [1.165, 1.54) is 25.6 Å². The normalized spacial score (nSPS) is 10.5. The summed E-state index contributed by atoms with van der Waals surface area (Å²) in [5.74, 6) is 1.14. The van der Waals surface area contributed by atoms with Gasteiger partial charge in [-0.05, 0) is 30.7 Å². The first-order valence-electron chi connectivity index (χ1n) is 7.80. The minimum absolute atomic E-state index is 0.305. The first-order chi connectivity index (χ1) is 12.6. The molecular weight excluding hydrogens is 354 g/mol. The number of amides is 1. The van der Waals surface area contributed by atoms with Crippen molar-refractivity contribution in [1.29, 1.82) is 0 Å². The van der Waals surface area contributed by atoms with E-state index in [9.17, 15) is 4.79 Å². The molecule has 0 fully saturated rings. The lowest BCUT2D eigenvalue weighted by Gasteiger charge is -2.13. The number of fused-ring (bicyclic) bond motifs is 1. The molecule has 2 N–H and O–H groups in total. The number of rotatable bonds is 6. The van der Waals surface area contributed by atoms with Gasteiger partial charge in [0.2, 0.25) is 5.13 Å². The van der Waals surface area contributed by atoms with Gasteiger partial charge in [-0.2, -0.15) is 0 Å². The molecule has 3 rings (SSSR count). The van der Waals surface area contributed by atoms with E-state index in [1.807, 2.05) is 19.1 Å². The number of nitrogens with zero attached hydrogens (tertiary/aromatic N) is 1. The lowest BCUT2D eigenvalue weighted by atomic mass is 10.1. The lowest BCUT2D eigenvalue weighted by molar-refractivity contribution is 0.0956. The third-order valence-corrected chi connectivity index (χ3v) is 4.97. The number of aromatic nitrogens is 1. The second-order valence-electron chi connectivity index (χ2n) is 5.40. The fourth-order valence-corrected chi connectivity index (χ4v) is 3.48. The van der Waals surface area contributed by atoms with Crippen LogP contribution < -0.4 is 25.1 Å². The van der Waals surface area contributed by atoms with E-state index >= 15 is 0 Å². The Bertz CT molecular complexity index is 933. The van der Waals surface area contributed by atoms with Crippen LogP contribution in [0.2, 0.25) is 0 Å². The smallest absolute Gasteiger partial charge is 0.277 e. The molecule has 0 saturated carbocycles. The predicted octanol–water partition coefficient (Wildman–Crippen LogP) is 3.39. The molecule has 7 nitrogen and oxygen atoms in total. The number of aryl methyl sites for hydroxylation is 1. The summed E-state index contributed by atoms with van der Waals surface area (Å²) in [4.78, 5) is 17.1. The van der Waals surface area contributed by atoms with Crippen LogP contribution in [-0.2, 0) is 0 Å². The number of carbonyl (C=O) groups excluding carboxylic acids is 1. The molecule has 26 heavy (non-hydrogen) atoms. The van der Waals surface area contributed by atoms with Crippen molar-refractivity contribution < 1.29 is 19.0 Å². The van der Waals surface area contributed by atoms with Crippen LogP contribution in [0.4, 0.5) is 5.13 Å². The molecule has 0 aliphatic rings. The molecule has 0 bridgehead atoms. The fraction of sp³-hybridized carbons (Fsp3) is 0.222. The number of methoxy groups -OCH3 is 3. The van der Waals surface area contributed by atoms with Crippen molar-refractivity contribution in [2.75, 3.05) is 26.8 Å². The number of nitrogens with one attached hydrogen (secondary N) is 2. The molecule has 0 aliphatic carbocycles. The SMILES string of the molecule is COc1cccc(OC)c1C(=O)NNc1nc2c(OC)ccc(C)c2s1. The van der Waals surface area contributed by atoms with Gasteiger partial charge in [-0.3, -0.25) is 15.6 Å². The van der Waals surface area contributed by atoms with Crippen molar-refractivity contribution in [1.82, 2.24) is 10.4 Å². The minimum atomic E-state index is -0.387. The largest absolute Gasteiger partial charge is 0.496 e. The highest BCUT2D eigenvalue weighted by Gasteiger charge is 2.19. The van der Waals surface area contributed by atoms with Gasteiger partial charge in [0.15, 0.2) is 0 Å². The number of hydrogen-bond donors (Lipinski definition) is 2. The van der Waals surface area contributed by atoms with E-state index in [1.54, 1.807) is 25.3 Å². The van der Waals surface area contributed by atoms with Crippen LogP contribution >= 0.6 is 11.3 Å². The summed E-state index contributed by atoms with van der Waals surface area (Å²) in [7, 11) is 4.61. The lowest BCUT2D eigenvalue weighted by Crippen LogP contribution is -2.30. The zero-order chi connectivity index (χ0) is 18.7. The van der Waals surface area contributed by atoms with Crippen LogP contribution in [0.25, 0.3) is 10.2 Å². The third kappa shape index (κ3) is 3.23. The Hall–Kier alpha value is -3.00. The maximum Gasteiger partial charge on any atom is 0.277 e. The van der Waals surface area contributed by atoms with Gasteiger partial charge in [0.25, 0.3) is 5.91 Å². The van der Waals surface area contributed by atoms with Gasteiger partial charge < -0.3 is 14.2 Å². The van der Waals surface area contributed by atoms with Crippen molar-refractivity contribution in [2.24, 2.45) is 0 Å². The van der Waals surface area contributed by atoms with Crippen molar-refractivity contribution in [3.63, 3.8) is 0 Å². The summed E-state index contributed by atoms with van der Waals surface area (Å²) >= 11 is 1.43. The van der Waals surface area contributed by atoms with Gasteiger partial charge in [-0.1, -0.05) is 23.5 Å². The zero-order valence-corrected chi connectivity index (χ0v) is 15.7. The van der Waals surface area contributed by atoms with Gasteiger partial charge in [0.1, 0.15) is 28.3 Å². The topological polar surface area (TPSA) is 81.7 Å². The van der Waals surface area contributed by atoms with Crippen molar-refractivity contribution in [3.8, 4) is 17.2 Å². The van der Waals surface area contributed by atoms with E-state index in [0.29, 0.717) is 27.9 Å². The molecule has 8 heteroatoms. The van der Waals surface area contributed by atoms with Gasteiger partial charge in [-0.25, -0.2) is 4.98 Å². The van der Waals surface area contributed by atoms with Crippen LogP contribution in [0, 0.1) is 6.92 Å². The van der Waals surface area contributed by atoms with E-state index < -0.39 is 0 Å². The molecule has 0 saturated heterocycles. The summed E-state index contributed by atoms with van der Waals surface area (Å²) in [6.45, 7) is 2.00. The highest BCUT2D eigenvalue weighted by atomic mass is 32.1. The van der Waals surface area contributed by atoms with Crippen molar-refractivity contribution in [3.05, 3.63) is 41.5 Å². The van der Waals surface area contributed by atoms with Crippen LogP contribution in [0.15, 0.2) is 30.3 Å². The monoisotopic (exact) mass is 373 g/mol. The Balaban J connectivity index is 1.85. The summed E-state index contributed by atoms with van der Waals surface area (Å²) in [5.41, 5.74) is 7.64. The van der Waals surface area contributed by atoms with Gasteiger partial charge in [0, 0.05) is 0 Å². The van der Waals surface area contributed by atoms with Crippen LogP contribution in [0.5, 0.6) is 17.2 Å². The molecule has 0 spiro atoms. The number of hydrogen-bond acceptors (Lipinski definition) is 7. The predicted molar refractivity (Wildman–Crippen MR) is 102 cm³/mol. The Labute approximate surface area is 154 Å². The first kappa shape index (κ1) is 17.8. The van der Waals surface area contributed by atoms with E-state index in [0.717, 1.165) is 15.8 Å². The molecule has 2 aromatic carbocycles. The quantitative estimate of drug-likeness (QED) is 0.645. The summed E-state index contributed by atoms with van der Waals surface area (Å²) in [6.07, 6.45) is 0. The Morgan fingerprint density at radius 1 is 1.00 bits per heavy atom. The molecule has 1 amide bonds. The fourth-order valence-electron chi connectivity index (χ4n) is 2.58. The first-order valence-corrected chi connectivity index (χ1v) is 8.62. The Morgan fingerprint density at radius 2 is 1.65 bits per heavy atom. The Morgan fingerprint density at radius 3 is 2.27 bits per heavy atom. The number of thiazole rings is 1. The van der Waals surface area contributed by atoms with E-state index in [4.69, 9.17) is 14.2 Å². The average Bonchev–Trinajstić information content (AvgIpc) is 3.11. The standard InChI is InChI=1S/C18H19N3O4S/c1-10-8-9-13(25-4)15-16(10)26-18(19-15)21-20-17(22)14-11(23-2)6-5-7-12(14)24-3/h5-9H,1-4H3,(H,19,21)(H,20,22). The average molecular weight is 373 g/mol. The molecule has 0 unspecified atom stereocenters. The van der Waals surface area contributed by atoms with Crippen LogP contribution in [0.3, 0.4) is 0 Å². The highest BCUT2D eigenvalue weighted by Crippen LogP contribution is 2.34. The minimum Gasteiger partial charge on any atom is -0.496 e. The van der Waals surface area contributed by atoms with Gasteiger partial charge in [-0.15, -0.1) is 0 Å². The highest BCUT2D eigenvalue weighted by molar-refractivity contribution is 7.22. The number of hydrazine groups is 1. The molecule has 1 heterocycles. The number of ether oxygens (including phenoxy) is 3. The summed E-state index contributed by atoms with van der Waals surface area (Å²) in [5, 5.41) is 0.551. The molecule has 0 radical (unpaired) electrons. The van der Waals surface area contributed by atoms with E-state index in [-0.39, 0.29) is 5.91 Å². The molecule has 136 valence electrons. The molecule has 0 aliphatic heterocycles. The summed E-state index contributed by atoms with van der Waals surface area (Å²) < 4.78 is 16.9. The van der Waals surface area contributed by atoms with E-state index in [2.05, 4.69) is 15.8 Å². The van der Waals surface area contributed by atoms with Crippen molar-refractivity contribution >= 4 is 32.6 Å². The third-order valence-electron chi connectivity index (χ3n) is 3.86. The molecular formula is C18H19N3O4S. The molecule has 3 aromatic rings. The second kappa shape index (κ2) is 7.49. The number of benzene rings is 2. The second-order valence-corrected chi connectivity index (χ2v) is 6.40. The number of carbonyl (C=O) groups is 1.